The molecule has 0 N–H and O–H groups in total. The van der Waals surface area contributed by atoms with Crippen LogP contribution in [0.1, 0.15) is 40.5 Å². The van der Waals surface area contributed by atoms with Crippen molar-refractivity contribution in [2.24, 2.45) is 11.3 Å². The zero-order valence-electron chi connectivity index (χ0n) is 13.9. The molecule has 0 amide bonds. The first-order valence-electron chi connectivity index (χ1n) is 7.32. The minimum atomic E-state index is 0. The Morgan fingerprint density at radius 2 is 2.10 bits per heavy atom. The largest absolute Gasteiger partial charge is 1.00 e. The van der Waals surface area contributed by atoms with E-state index in [2.05, 4.69) is 65.9 Å². The van der Waals surface area contributed by atoms with Gasteiger partial charge in [0, 0.05) is 5.92 Å². The zero-order valence-corrected chi connectivity index (χ0v) is 16.1. The first-order chi connectivity index (χ1) is 8.70. The Morgan fingerprint density at radius 3 is 2.60 bits per heavy atom. The average molecular weight is 387 g/mol. The van der Waals surface area contributed by atoms with Gasteiger partial charge in [-0.05, 0) is 44.1 Å². The Bertz CT molecular complexity index is 410. The second-order valence-corrected chi connectivity index (χ2v) is 7.22. The third-order valence-electron chi connectivity index (χ3n) is 4.77. The van der Waals surface area contributed by atoms with Crippen LogP contribution >= 0.6 is 0 Å². The molecule has 2 atom stereocenters. The molecule has 2 heteroatoms. The minimum absolute atomic E-state index is 0. The molecule has 1 rings (SSSR count). The smallest absolute Gasteiger partial charge is 0.140 e. The highest BCUT2D eigenvalue weighted by molar-refractivity contribution is 5.19. The molecular weight excluding hydrogens is 357 g/mol. The predicted molar refractivity (Wildman–Crippen MR) is 84.7 cm³/mol. The highest BCUT2D eigenvalue weighted by atomic mass is 127. The molecule has 0 saturated carbocycles. The molecule has 0 fully saturated rings. The van der Waals surface area contributed by atoms with Crippen molar-refractivity contribution in [1.29, 1.82) is 0 Å². The Morgan fingerprint density at radius 1 is 1.50 bits per heavy atom. The van der Waals surface area contributed by atoms with Crippen LogP contribution in [0.5, 0.6) is 0 Å². The van der Waals surface area contributed by atoms with Gasteiger partial charge >= 0.3 is 0 Å². The number of quaternary nitrogens is 1. The topological polar surface area (TPSA) is 0 Å². The van der Waals surface area contributed by atoms with Gasteiger partial charge in [-0.15, -0.1) is 6.42 Å². The number of rotatable bonds is 4. The van der Waals surface area contributed by atoms with Crippen LogP contribution in [-0.4, -0.2) is 31.2 Å². The van der Waals surface area contributed by atoms with E-state index in [1.807, 2.05) is 0 Å². The molecule has 0 bridgehead atoms. The Labute approximate surface area is 143 Å². The molecule has 114 valence electrons. The summed E-state index contributed by atoms with van der Waals surface area (Å²) in [4.78, 5) is 0. The van der Waals surface area contributed by atoms with Crippen molar-refractivity contribution in [1.82, 2.24) is 0 Å². The highest BCUT2D eigenvalue weighted by Crippen LogP contribution is 2.41. The number of likely N-dealkylation sites (N-methyl/N-ethyl adjacent to an activating group) is 1. The summed E-state index contributed by atoms with van der Waals surface area (Å²) in [5.74, 6) is 3.34. The normalized spacial score (nSPS) is 23.6. The summed E-state index contributed by atoms with van der Waals surface area (Å²) in [5.41, 5.74) is 1.89. The summed E-state index contributed by atoms with van der Waals surface area (Å²) in [6.07, 6.45) is 15.1. The molecule has 20 heavy (non-hydrogen) atoms. The molecule has 0 aliphatic heterocycles. The van der Waals surface area contributed by atoms with Crippen LogP contribution in [0.2, 0.25) is 0 Å². The van der Waals surface area contributed by atoms with Gasteiger partial charge in [-0.25, -0.2) is 0 Å². The highest BCUT2D eigenvalue weighted by Gasteiger charge is 2.31. The van der Waals surface area contributed by atoms with Gasteiger partial charge in [0.05, 0.1) is 14.1 Å². The van der Waals surface area contributed by atoms with Gasteiger partial charge in [0.1, 0.15) is 12.6 Å². The molecule has 0 heterocycles. The number of terminal acetylenes is 1. The number of hydrogen-bond donors (Lipinski definition) is 0. The molecule has 0 aromatic rings. The minimum Gasteiger partial charge on any atom is -1.00 e. The number of halogens is 1. The van der Waals surface area contributed by atoms with Crippen molar-refractivity contribution in [3.05, 3.63) is 23.8 Å². The average Bonchev–Trinajstić information content (AvgIpc) is 2.27. The summed E-state index contributed by atoms with van der Waals surface area (Å²) in [6, 6.07) is 0.446. The Balaban J connectivity index is 0.00000361. The van der Waals surface area contributed by atoms with E-state index in [0.29, 0.717) is 17.4 Å². The van der Waals surface area contributed by atoms with Crippen LogP contribution in [-0.2, 0) is 0 Å². The Hall–Kier alpha value is -0.270. The van der Waals surface area contributed by atoms with E-state index >= 15 is 0 Å². The van der Waals surface area contributed by atoms with E-state index < -0.39 is 0 Å². The first-order valence-corrected chi connectivity index (χ1v) is 7.32. The van der Waals surface area contributed by atoms with Gasteiger partial charge in [-0.2, -0.15) is 0 Å². The van der Waals surface area contributed by atoms with E-state index in [1.54, 1.807) is 0 Å². The van der Waals surface area contributed by atoms with E-state index in [9.17, 15) is 0 Å². The molecule has 0 radical (unpaired) electrons. The van der Waals surface area contributed by atoms with Gasteiger partial charge in [0.2, 0.25) is 0 Å². The van der Waals surface area contributed by atoms with Crippen LogP contribution in [0, 0.1) is 23.7 Å². The van der Waals surface area contributed by atoms with Crippen LogP contribution in [0.4, 0.5) is 0 Å². The van der Waals surface area contributed by atoms with Crippen molar-refractivity contribution in [2.75, 3.05) is 20.6 Å². The summed E-state index contributed by atoms with van der Waals surface area (Å²) in [6.45, 7) is 10.0. The third kappa shape index (κ3) is 4.93. The summed E-state index contributed by atoms with van der Waals surface area (Å²) in [5, 5.41) is 0. The molecule has 1 aliphatic rings. The van der Waals surface area contributed by atoms with E-state index in [1.165, 1.54) is 18.4 Å². The maximum Gasteiger partial charge on any atom is 0.140 e. The van der Waals surface area contributed by atoms with Gasteiger partial charge in [0.15, 0.2) is 0 Å². The van der Waals surface area contributed by atoms with Gasteiger partial charge in [0.25, 0.3) is 0 Å². The van der Waals surface area contributed by atoms with Crippen LogP contribution in [0.3, 0.4) is 0 Å². The molecule has 0 saturated heterocycles. The van der Waals surface area contributed by atoms with Crippen LogP contribution in [0.25, 0.3) is 0 Å². The number of nitrogens with zero attached hydrogens (tertiary/aromatic N) is 1. The van der Waals surface area contributed by atoms with Crippen molar-refractivity contribution >= 4 is 0 Å². The van der Waals surface area contributed by atoms with Gasteiger partial charge in [-0.1, -0.05) is 31.6 Å². The second kappa shape index (κ2) is 7.66. The first kappa shape index (κ1) is 19.7. The maximum atomic E-state index is 5.46. The standard InChI is InChI=1S/C18H30N.HI/c1-8-14-19(6,7)16(3)11-12-17-15(2)10-9-13-18(17,4)5;/h1,10-12,16-17H,9,13-14H2,2-7H3;1H/q+1;/p-1. The van der Waals surface area contributed by atoms with Crippen LogP contribution in [0.15, 0.2) is 23.8 Å². The molecule has 1 aliphatic carbocycles. The quantitative estimate of drug-likeness (QED) is 0.293. The van der Waals surface area contributed by atoms with Crippen molar-refractivity contribution in [3.8, 4) is 12.3 Å². The molecular formula is C18H30IN. The van der Waals surface area contributed by atoms with E-state index in [4.69, 9.17) is 6.42 Å². The lowest BCUT2D eigenvalue weighted by Crippen LogP contribution is -3.00. The Kier molecular flexibility index (Phi) is 7.55. The number of hydrogen-bond acceptors (Lipinski definition) is 0. The zero-order chi connectivity index (χ0) is 14.7. The fraction of sp³-hybridized carbons (Fsp3) is 0.667. The fourth-order valence-corrected chi connectivity index (χ4v) is 2.87. The van der Waals surface area contributed by atoms with E-state index in [0.717, 1.165) is 11.0 Å². The predicted octanol–water partition coefficient (Wildman–Crippen LogP) is 1.03. The lowest BCUT2D eigenvalue weighted by atomic mass is 9.68. The lowest BCUT2D eigenvalue weighted by molar-refractivity contribution is -0.899. The SMILES string of the molecule is C#CC[N+](C)(C)C(C)C=CC1C(C)=CCCC1(C)C.[I-]. The summed E-state index contributed by atoms with van der Waals surface area (Å²) >= 11 is 0. The molecule has 0 aromatic carbocycles. The fourth-order valence-electron chi connectivity index (χ4n) is 2.87. The third-order valence-corrected chi connectivity index (χ3v) is 4.77. The monoisotopic (exact) mass is 387 g/mol. The molecule has 0 spiro atoms. The van der Waals surface area contributed by atoms with Crippen molar-refractivity contribution in [2.45, 2.75) is 46.6 Å². The molecule has 1 nitrogen and oxygen atoms in total. The summed E-state index contributed by atoms with van der Waals surface area (Å²) in [7, 11) is 4.40. The van der Waals surface area contributed by atoms with Gasteiger partial charge < -0.3 is 28.5 Å². The van der Waals surface area contributed by atoms with Crippen LogP contribution < -0.4 is 24.0 Å². The molecule has 0 aromatic heterocycles. The summed E-state index contributed by atoms with van der Waals surface area (Å²) < 4.78 is 0.850. The second-order valence-electron chi connectivity index (χ2n) is 7.22. The molecule has 2 unspecified atom stereocenters. The van der Waals surface area contributed by atoms with Crippen molar-refractivity contribution < 1.29 is 28.5 Å². The number of allylic oxidation sites excluding steroid dienone is 3. The lowest BCUT2D eigenvalue weighted by Gasteiger charge is -2.38. The van der Waals surface area contributed by atoms with E-state index in [-0.39, 0.29) is 24.0 Å². The van der Waals surface area contributed by atoms with Gasteiger partial charge in [-0.3, -0.25) is 0 Å². The van der Waals surface area contributed by atoms with Crippen molar-refractivity contribution in [3.63, 3.8) is 0 Å². The maximum absolute atomic E-state index is 5.46.